The molecule has 1 amide bonds. The highest BCUT2D eigenvalue weighted by molar-refractivity contribution is 5.94. The van der Waals surface area contributed by atoms with Crippen molar-refractivity contribution in [3.05, 3.63) is 29.6 Å². The molecule has 0 saturated carbocycles. The van der Waals surface area contributed by atoms with Crippen LogP contribution in [0.1, 0.15) is 42.6 Å². The summed E-state index contributed by atoms with van der Waals surface area (Å²) >= 11 is 0. The minimum atomic E-state index is 0.0971. The molecule has 3 heteroatoms. The molecular weight excluding hydrogens is 200 g/mol. The lowest BCUT2D eigenvalue weighted by atomic mass is 10.2. The van der Waals surface area contributed by atoms with Crippen molar-refractivity contribution in [3.8, 4) is 0 Å². The molecule has 0 fully saturated rings. The molecule has 1 aromatic heterocycles. The van der Waals surface area contributed by atoms with Crippen molar-refractivity contribution in [3.63, 3.8) is 0 Å². The van der Waals surface area contributed by atoms with Gasteiger partial charge in [0.15, 0.2) is 0 Å². The molecule has 0 aromatic carbocycles. The molecule has 0 N–H and O–H groups in total. The van der Waals surface area contributed by atoms with Crippen LogP contribution < -0.4 is 0 Å². The van der Waals surface area contributed by atoms with Crippen LogP contribution in [0.5, 0.6) is 0 Å². The van der Waals surface area contributed by atoms with E-state index in [1.807, 2.05) is 17.9 Å². The average Bonchev–Trinajstić information content (AvgIpc) is 2.28. The summed E-state index contributed by atoms with van der Waals surface area (Å²) in [6.45, 7) is 7.77. The number of aromatic nitrogens is 1. The van der Waals surface area contributed by atoms with Crippen molar-refractivity contribution in [1.29, 1.82) is 0 Å². The van der Waals surface area contributed by atoms with Gasteiger partial charge in [-0.15, -0.1) is 0 Å². The molecule has 0 unspecified atom stereocenters. The summed E-state index contributed by atoms with van der Waals surface area (Å²) in [5.74, 6) is 0.0971. The maximum Gasteiger partial charge on any atom is 0.255 e. The van der Waals surface area contributed by atoms with Crippen LogP contribution in [0.15, 0.2) is 18.5 Å². The molecule has 0 saturated heterocycles. The minimum absolute atomic E-state index is 0.0971. The molecule has 0 aliphatic carbocycles. The van der Waals surface area contributed by atoms with Crippen molar-refractivity contribution in [1.82, 2.24) is 9.88 Å². The standard InChI is InChI=1S/C13H20N2O/c1-4-6-15(7-5-2)13(16)12-8-11(3)9-14-10-12/h8-10H,4-7H2,1-3H3. The maximum atomic E-state index is 12.2. The van der Waals surface area contributed by atoms with Gasteiger partial charge >= 0.3 is 0 Å². The summed E-state index contributed by atoms with van der Waals surface area (Å²) in [4.78, 5) is 18.1. The van der Waals surface area contributed by atoms with E-state index in [1.165, 1.54) is 0 Å². The Balaban J connectivity index is 2.81. The molecule has 3 nitrogen and oxygen atoms in total. The van der Waals surface area contributed by atoms with Gasteiger partial charge in [0.25, 0.3) is 5.91 Å². The van der Waals surface area contributed by atoms with Crippen LogP contribution in [0.4, 0.5) is 0 Å². The van der Waals surface area contributed by atoms with Crippen LogP contribution in [0, 0.1) is 6.92 Å². The lowest BCUT2D eigenvalue weighted by Crippen LogP contribution is -2.32. The van der Waals surface area contributed by atoms with E-state index < -0.39 is 0 Å². The molecule has 0 bridgehead atoms. The molecule has 16 heavy (non-hydrogen) atoms. The number of hydrogen-bond acceptors (Lipinski definition) is 2. The molecule has 0 aliphatic rings. The lowest BCUT2D eigenvalue weighted by Gasteiger charge is -2.21. The molecular formula is C13H20N2O. The third kappa shape index (κ3) is 3.33. The third-order valence-electron chi connectivity index (χ3n) is 2.40. The van der Waals surface area contributed by atoms with E-state index >= 15 is 0 Å². The van der Waals surface area contributed by atoms with Crippen LogP contribution in [-0.2, 0) is 0 Å². The van der Waals surface area contributed by atoms with Crippen molar-refractivity contribution < 1.29 is 4.79 Å². The highest BCUT2D eigenvalue weighted by Gasteiger charge is 2.14. The zero-order valence-corrected chi connectivity index (χ0v) is 10.4. The van der Waals surface area contributed by atoms with Crippen LogP contribution in [0.25, 0.3) is 0 Å². The second-order valence-electron chi connectivity index (χ2n) is 4.04. The number of nitrogens with zero attached hydrogens (tertiary/aromatic N) is 2. The second kappa shape index (κ2) is 6.26. The van der Waals surface area contributed by atoms with Gasteiger partial charge in [-0.1, -0.05) is 13.8 Å². The monoisotopic (exact) mass is 220 g/mol. The van der Waals surface area contributed by atoms with Gasteiger partial charge in [0, 0.05) is 25.5 Å². The van der Waals surface area contributed by atoms with E-state index in [4.69, 9.17) is 0 Å². The van der Waals surface area contributed by atoms with Gasteiger partial charge in [0.05, 0.1) is 5.56 Å². The summed E-state index contributed by atoms with van der Waals surface area (Å²) in [7, 11) is 0. The fraction of sp³-hybridized carbons (Fsp3) is 0.538. The second-order valence-corrected chi connectivity index (χ2v) is 4.04. The average molecular weight is 220 g/mol. The largest absolute Gasteiger partial charge is 0.339 e. The van der Waals surface area contributed by atoms with Crippen molar-refractivity contribution in [2.24, 2.45) is 0 Å². The van der Waals surface area contributed by atoms with Gasteiger partial charge in [-0.05, 0) is 31.4 Å². The van der Waals surface area contributed by atoms with E-state index in [1.54, 1.807) is 12.4 Å². The van der Waals surface area contributed by atoms with Gasteiger partial charge in [-0.2, -0.15) is 0 Å². The third-order valence-corrected chi connectivity index (χ3v) is 2.40. The number of aryl methyl sites for hydroxylation is 1. The molecule has 1 rings (SSSR count). The number of carbonyl (C=O) groups excluding carboxylic acids is 1. The quantitative estimate of drug-likeness (QED) is 0.764. The Morgan fingerprint density at radius 2 is 1.88 bits per heavy atom. The molecule has 88 valence electrons. The Hall–Kier alpha value is -1.38. The normalized spacial score (nSPS) is 10.2. The summed E-state index contributed by atoms with van der Waals surface area (Å²) in [6.07, 6.45) is 5.39. The number of pyridine rings is 1. The Morgan fingerprint density at radius 1 is 1.25 bits per heavy atom. The van der Waals surface area contributed by atoms with Gasteiger partial charge in [-0.3, -0.25) is 9.78 Å². The Morgan fingerprint density at radius 3 is 2.38 bits per heavy atom. The van der Waals surface area contributed by atoms with Crippen molar-refractivity contribution in [2.45, 2.75) is 33.6 Å². The van der Waals surface area contributed by atoms with Gasteiger partial charge in [-0.25, -0.2) is 0 Å². The SMILES string of the molecule is CCCN(CCC)C(=O)c1cncc(C)c1. The number of carbonyl (C=O) groups is 1. The molecule has 0 atom stereocenters. The predicted molar refractivity (Wildman–Crippen MR) is 65.5 cm³/mol. The molecule has 0 radical (unpaired) electrons. The van der Waals surface area contributed by atoms with E-state index in [0.717, 1.165) is 31.5 Å². The Bertz CT molecular complexity index is 344. The van der Waals surface area contributed by atoms with E-state index in [2.05, 4.69) is 18.8 Å². The summed E-state index contributed by atoms with van der Waals surface area (Å²) in [5.41, 5.74) is 1.72. The Kier molecular flexibility index (Phi) is 4.96. The van der Waals surface area contributed by atoms with Crippen molar-refractivity contribution in [2.75, 3.05) is 13.1 Å². The number of amides is 1. The zero-order valence-electron chi connectivity index (χ0n) is 10.4. The number of rotatable bonds is 5. The first-order valence-electron chi connectivity index (χ1n) is 5.90. The summed E-state index contributed by atoms with van der Waals surface area (Å²) < 4.78 is 0. The first-order valence-corrected chi connectivity index (χ1v) is 5.90. The molecule has 0 spiro atoms. The first kappa shape index (κ1) is 12.7. The first-order chi connectivity index (χ1) is 7.69. The topological polar surface area (TPSA) is 33.2 Å². The zero-order chi connectivity index (χ0) is 12.0. The molecule has 1 aromatic rings. The Labute approximate surface area is 97.5 Å². The van der Waals surface area contributed by atoms with E-state index in [9.17, 15) is 4.79 Å². The predicted octanol–water partition coefficient (Wildman–Crippen LogP) is 2.65. The van der Waals surface area contributed by atoms with Gasteiger partial charge < -0.3 is 4.90 Å². The van der Waals surface area contributed by atoms with Crippen LogP contribution in [0.2, 0.25) is 0 Å². The molecule has 1 heterocycles. The fourth-order valence-electron chi connectivity index (χ4n) is 1.71. The van der Waals surface area contributed by atoms with E-state index in [-0.39, 0.29) is 5.91 Å². The maximum absolute atomic E-state index is 12.2. The van der Waals surface area contributed by atoms with Gasteiger partial charge in [0.2, 0.25) is 0 Å². The van der Waals surface area contributed by atoms with Crippen LogP contribution >= 0.6 is 0 Å². The van der Waals surface area contributed by atoms with Crippen LogP contribution in [-0.4, -0.2) is 28.9 Å². The smallest absolute Gasteiger partial charge is 0.255 e. The molecule has 0 aliphatic heterocycles. The van der Waals surface area contributed by atoms with E-state index in [0.29, 0.717) is 5.56 Å². The lowest BCUT2D eigenvalue weighted by molar-refractivity contribution is 0.0755. The van der Waals surface area contributed by atoms with Crippen LogP contribution in [0.3, 0.4) is 0 Å². The highest BCUT2D eigenvalue weighted by atomic mass is 16.2. The summed E-state index contributed by atoms with van der Waals surface area (Å²) in [6, 6.07) is 1.90. The minimum Gasteiger partial charge on any atom is -0.339 e. The van der Waals surface area contributed by atoms with Gasteiger partial charge in [0.1, 0.15) is 0 Å². The highest BCUT2D eigenvalue weighted by Crippen LogP contribution is 2.07. The fourth-order valence-corrected chi connectivity index (χ4v) is 1.71. The van der Waals surface area contributed by atoms with Crippen molar-refractivity contribution >= 4 is 5.91 Å². The number of hydrogen-bond donors (Lipinski definition) is 0. The summed E-state index contributed by atoms with van der Waals surface area (Å²) in [5, 5.41) is 0.